The number of amides is 1. The van der Waals surface area contributed by atoms with Gasteiger partial charge < -0.3 is 9.64 Å². The zero-order valence-corrected chi connectivity index (χ0v) is 20.7. The average molecular weight is 511 g/mol. The Balaban J connectivity index is 1.33. The number of sulfonamides is 1. The molecule has 0 N–H and O–H groups in total. The van der Waals surface area contributed by atoms with Gasteiger partial charge in [0.2, 0.25) is 15.9 Å². The number of aryl methyl sites for hydroxylation is 2. The van der Waals surface area contributed by atoms with E-state index in [1.807, 2.05) is 32.0 Å². The van der Waals surface area contributed by atoms with E-state index in [1.54, 1.807) is 6.92 Å². The molecule has 0 bridgehead atoms. The van der Waals surface area contributed by atoms with Gasteiger partial charge in [-0.2, -0.15) is 4.31 Å². The van der Waals surface area contributed by atoms with Crippen LogP contribution in [0, 0.1) is 25.5 Å². The van der Waals surface area contributed by atoms with E-state index in [4.69, 9.17) is 4.74 Å². The molecule has 2 aliphatic rings. The first-order valence-corrected chi connectivity index (χ1v) is 13.0. The van der Waals surface area contributed by atoms with Gasteiger partial charge in [-0.05, 0) is 75.4 Å². The molecule has 2 saturated heterocycles. The fourth-order valence-corrected chi connectivity index (χ4v) is 6.20. The van der Waals surface area contributed by atoms with Crippen LogP contribution in [0.2, 0.25) is 0 Å². The van der Waals surface area contributed by atoms with Gasteiger partial charge in [0, 0.05) is 13.1 Å². The Morgan fingerprint density at radius 3 is 2.54 bits per heavy atom. The number of hydrogen-bond donors (Lipinski definition) is 0. The summed E-state index contributed by atoms with van der Waals surface area (Å²) in [7, 11) is -4.19. The minimum Gasteiger partial charge on any atom is -0.493 e. The Hall–Kier alpha value is -2.59. The summed E-state index contributed by atoms with van der Waals surface area (Å²) in [5.74, 6) is -1.81. The molecule has 2 aromatic carbocycles. The molecule has 0 saturated carbocycles. The van der Waals surface area contributed by atoms with Crippen LogP contribution in [0.4, 0.5) is 13.2 Å². The number of carbonyl (C=O) groups excluding carboxylic acids is 1. The molecule has 10 heteroatoms. The number of halogens is 3. The van der Waals surface area contributed by atoms with Crippen molar-refractivity contribution in [3.63, 3.8) is 0 Å². The smallest absolute Gasteiger partial charge is 0.249 e. The standard InChI is InChI=1S/C25H29F3N2O4S/c1-16-5-6-17(2)23(13-16)34-12-4-10-25(3)24(31)30(25)22-9-11-29(15-21(22)28)35(32,33)18-7-8-19(26)20(27)14-18/h5-8,13-14,21-22H,4,9-12,15H2,1-3H3/t21-,22?,25?,30?/m1/s1. The van der Waals surface area contributed by atoms with Crippen LogP contribution in [0.15, 0.2) is 41.3 Å². The molecule has 190 valence electrons. The highest BCUT2D eigenvalue weighted by molar-refractivity contribution is 7.89. The molecule has 4 rings (SSSR count). The second-order valence-corrected chi connectivity index (χ2v) is 11.4. The Morgan fingerprint density at radius 2 is 1.86 bits per heavy atom. The summed E-state index contributed by atoms with van der Waals surface area (Å²) in [6, 6.07) is 7.50. The molecular formula is C25H29F3N2O4S. The third-order valence-corrected chi connectivity index (χ3v) is 8.76. The third kappa shape index (κ3) is 4.91. The second-order valence-electron chi connectivity index (χ2n) is 9.48. The molecule has 35 heavy (non-hydrogen) atoms. The fraction of sp³-hybridized carbons (Fsp3) is 0.480. The maximum absolute atomic E-state index is 15.1. The van der Waals surface area contributed by atoms with Crippen molar-refractivity contribution in [1.82, 2.24) is 9.21 Å². The van der Waals surface area contributed by atoms with Crippen LogP contribution in [0.5, 0.6) is 5.75 Å². The maximum Gasteiger partial charge on any atom is 0.249 e. The molecule has 3 atom stereocenters. The summed E-state index contributed by atoms with van der Waals surface area (Å²) in [5.41, 5.74) is 1.31. The van der Waals surface area contributed by atoms with Gasteiger partial charge in [-0.25, -0.2) is 21.6 Å². The van der Waals surface area contributed by atoms with Crippen LogP contribution in [-0.2, 0) is 14.8 Å². The highest BCUT2D eigenvalue weighted by Gasteiger charge is 2.62. The summed E-state index contributed by atoms with van der Waals surface area (Å²) < 4.78 is 74.2. The number of rotatable bonds is 8. The number of nitrogens with zero attached hydrogens (tertiary/aromatic N) is 2. The van der Waals surface area contributed by atoms with Gasteiger partial charge in [-0.15, -0.1) is 0 Å². The molecule has 0 spiro atoms. The number of alkyl halides is 1. The van der Waals surface area contributed by atoms with Crippen molar-refractivity contribution in [3.05, 3.63) is 59.2 Å². The molecule has 0 aromatic heterocycles. The molecule has 2 aromatic rings. The topological polar surface area (TPSA) is 66.7 Å². The zero-order valence-electron chi connectivity index (χ0n) is 19.9. The van der Waals surface area contributed by atoms with Crippen molar-refractivity contribution in [2.75, 3.05) is 19.7 Å². The third-order valence-electron chi connectivity index (χ3n) is 6.90. The van der Waals surface area contributed by atoms with Crippen molar-refractivity contribution >= 4 is 15.9 Å². The Bertz CT molecular complexity index is 1240. The van der Waals surface area contributed by atoms with E-state index >= 15 is 4.39 Å². The van der Waals surface area contributed by atoms with Crippen molar-refractivity contribution in [2.45, 2.75) is 62.7 Å². The predicted molar refractivity (Wildman–Crippen MR) is 124 cm³/mol. The largest absolute Gasteiger partial charge is 0.493 e. The van der Waals surface area contributed by atoms with Crippen molar-refractivity contribution in [2.24, 2.45) is 0 Å². The van der Waals surface area contributed by atoms with E-state index in [0.717, 1.165) is 33.3 Å². The maximum atomic E-state index is 15.1. The van der Waals surface area contributed by atoms with Crippen LogP contribution in [0.3, 0.4) is 0 Å². The van der Waals surface area contributed by atoms with Gasteiger partial charge in [0.15, 0.2) is 11.6 Å². The van der Waals surface area contributed by atoms with Crippen LogP contribution < -0.4 is 4.74 Å². The van der Waals surface area contributed by atoms with Crippen LogP contribution in [0.25, 0.3) is 0 Å². The Kier molecular flexibility index (Phi) is 6.89. The van der Waals surface area contributed by atoms with E-state index in [-0.39, 0.29) is 18.9 Å². The number of benzene rings is 2. The molecule has 2 aliphatic heterocycles. The first kappa shape index (κ1) is 25.5. The number of ether oxygens (including phenoxy) is 1. The molecular weight excluding hydrogens is 481 g/mol. The van der Waals surface area contributed by atoms with Gasteiger partial charge in [0.05, 0.1) is 17.5 Å². The number of hydrogen-bond acceptors (Lipinski definition) is 4. The summed E-state index contributed by atoms with van der Waals surface area (Å²) in [6.45, 7) is 5.65. The summed E-state index contributed by atoms with van der Waals surface area (Å²) >= 11 is 0. The molecule has 2 heterocycles. The van der Waals surface area contributed by atoms with Gasteiger partial charge in [-0.1, -0.05) is 12.1 Å². The van der Waals surface area contributed by atoms with E-state index in [0.29, 0.717) is 25.5 Å². The Morgan fingerprint density at radius 1 is 1.11 bits per heavy atom. The highest BCUT2D eigenvalue weighted by atomic mass is 32.2. The molecule has 6 nitrogen and oxygen atoms in total. The summed E-state index contributed by atoms with van der Waals surface area (Å²) in [6.07, 6.45) is -0.381. The lowest BCUT2D eigenvalue weighted by Crippen LogP contribution is -2.50. The number of piperidine rings is 1. The predicted octanol–water partition coefficient (Wildman–Crippen LogP) is 4.14. The first-order valence-electron chi connectivity index (χ1n) is 11.6. The van der Waals surface area contributed by atoms with Crippen LogP contribution in [-0.4, -0.2) is 61.0 Å². The van der Waals surface area contributed by atoms with E-state index in [9.17, 15) is 22.0 Å². The lowest BCUT2D eigenvalue weighted by Gasteiger charge is -2.35. The minimum absolute atomic E-state index is 0.0258. The van der Waals surface area contributed by atoms with Gasteiger partial charge in [0.25, 0.3) is 0 Å². The number of carbonyl (C=O) groups is 1. The molecule has 1 amide bonds. The molecule has 2 unspecified atom stereocenters. The minimum atomic E-state index is -4.19. The van der Waals surface area contributed by atoms with Gasteiger partial charge >= 0.3 is 0 Å². The van der Waals surface area contributed by atoms with E-state index < -0.39 is 50.9 Å². The lowest BCUT2D eigenvalue weighted by molar-refractivity contribution is -0.115. The monoisotopic (exact) mass is 510 g/mol. The van der Waals surface area contributed by atoms with Gasteiger partial charge in [-0.3, -0.25) is 4.79 Å². The highest BCUT2D eigenvalue weighted by Crippen LogP contribution is 2.44. The van der Waals surface area contributed by atoms with Crippen LogP contribution in [0.1, 0.15) is 37.3 Å². The van der Waals surface area contributed by atoms with Crippen molar-refractivity contribution in [1.29, 1.82) is 0 Å². The SMILES string of the molecule is Cc1ccc(C)c(OCCCC2(C)C(=O)N2C2CCN(S(=O)(=O)c3ccc(F)c(F)c3)C[C@H]2F)c1. The summed E-state index contributed by atoms with van der Waals surface area (Å²) in [4.78, 5) is 13.7. The Labute approximate surface area is 203 Å². The second kappa shape index (κ2) is 9.46. The lowest BCUT2D eigenvalue weighted by atomic mass is 10.0. The van der Waals surface area contributed by atoms with Crippen molar-refractivity contribution < 1.29 is 31.1 Å². The van der Waals surface area contributed by atoms with Crippen molar-refractivity contribution in [3.8, 4) is 5.75 Å². The average Bonchev–Trinajstić information content (AvgIpc) is 3.34. The quantitative estimate of drug-likeness (QED) is 0.396. The van der Waals surface area contributed by atoms with E-state index in [1.165, 1.54) is 4.90 Å². The van der Waals surface area contributed by atoms with Crippen LogP contribution >= 0.6 is 0 Å². The fourth-order valence-electron chi connectivity index (χ4n) is 4.73. The normalized spacial score (nSPS) is 25.1. The van der Waals surface area contributed by atoms with E-state index in [2.05, 4.69) is 0 Å². The zero-order chi connectivity index (χ0) is 25.5. The molecule has 2 fully saturated rings. The molecule has 0 radical (unpaired) electrons. The summed E-state index contributed by atoms with van der Waals surface area (Å²) in [5, 5.41) is 0. The molecule has 0 aliphatic carbocycles. The first-order chi connectivity index (χ1) is 16.4. The van der Waals surface area contributed by atoms with Gasteiger partial charge in [0.1, 0.15) is 17.5 Å².